The van der Waals surface area contributed by atoms with Crippen LogP contribution in [-0.4, -0.2) is 30.7 Å². The van der Waals surface area contributed by atoms with Crippen molar-refractivity contribution < 1.29 is 9.59 Å². The van der Waals surface area contributed by atoms with Gasteiger partial charge in [0, 0.05) is 31.8 Å². The molecule has 0 aliphatic heterocycles. The van der Waals surface area contributed by atoms with Crippen LogP contribution < -0.4 is 0 Å². The van der Waals surface area contributed by atoms with Gasteiger partial charge < -0.3 is 4.90 Å². The number of ketones is 1. The van der Waals surface area contributed by atoms with Crippen LogP contribution in [0.4, 0.5) is 0 Å². The van der Waals surface area contributed by atoms with Crippen LogP contribution >= 0.6 is 0 Å². The first-order chi connectivity index (χ1) is 7.07. The number of rotatable bonds is 4. The van der Waals surface area contributed by atoms with Crippen LogP contribution in [0.3, 0.4) is 0 Å². The molecule has 16 heavy (non-hydrogen) atoms. The van der Waals surface area contributed by atoms with Crippen molar-refractivity contribution >= 4 is 11.7 Å². The van der Waals surface area contributed by atoms with E-state index in [9.17, 15) is 9.59 Å². The minimum atomic E-state index is -0.310. The Morgan fingerprint density at radius 1 is 1.12 bits per heavy atom. The van der Waals surface area contributed by atoms with Crippen molar-refractivity contribution in [3.63, 3.8) is 0 Å². The van der Waals surface area contributed by atoms with E-state index in [1.54, 1.807) is 19.0 Å². The minimum absolute atomic E-state index is 0.0919. The Bertz CT molecular complexity index is 264. The van der Waals surface area contributed by atoms with Crippen molar-refractivity contribution in [1.82, 2.24) is 4.90 Å². The molecule has 0 bridgehead atoms. The Morgan fingerprint density at radius 2 is 1.56 bits per heavy atom. The Morgan fingerprint density at radius 3 is 1.88 bits per heavy atom. The summed E-state index contributed by atoms with van der Waals surface area (Å²) in [7, 11) is 3.49. The fraction of sp³-hybridized carbons (Fsp3) is 0.846. The quantitative estimate of drug-likeness (QED) is 0.739. The summed E-state index contributed by atoms with van der Waals surface area (Å²) in [6.45, 7) is 9.61. The molecule has 0 saturated carbocycles. The second-order valence-corrected chi connectivity index (χ2v) is 5.88. The first kappa shape index (κ1) is 15.1. The van der Waals surface area contributed by atoms with Gasteiger partial charge in [-0.1, -0.05) is 34.6 Å². The van der Waals surface area contributed by atoms with E-state index >= 15 is 0 Å². The third-order valence-electron chi connectivity index (χ3n) is 3.03. The van der Waals surface area contributed by atoms with Gasteiger partial charge in [-0.25, -0.2) is 0 Å². The zero-order chi connectivity index (χ0) is 13.1. The number of Topliss-reactive ketones (excluding diaryl/α,β-unsaturated/α-hetero) is 1. The van der Waals surface area contributed by atoms with Crippen molar-refractivity contribution in [3.8, 4) is 0 Å². The van der Waals surface area contributed by atoms with Gasteiger partial charge in [-0.05, 0) is 5.92 Å². The highest BCUT2D eigenvalue weighted by molar-refractivity contribution is 5.85. The summed E-state index contributed by atoms with van der Waals surface area (Å²) in [5, 5.41) is 0. The predicted octanol–water partition coefficient (Wildman–Crippen LogP) is 2.35. The maximum Gasteiger partial charge on any atom is 0.225 e. The molecule has 3 nitrogen and oxygen atoms in total. The summed E-state index contributed by atoms with van der Waals surface area (Å²) in [5.41, 5.74) is -0.310. The van der Waals surface area contributed by atoms with E-state index in [-0.39, 0.29) is 28.9 Å². The third-order valence-corrected chi connectivity index (χ3v) is 3.03. The van der Waals surface area contributed by atoms with Crippen LogP contribution in [0.1, 0.15) is 41.0 Å². The monoisotopic (exact) mass is 227 g/mol. The summed E-state index contributed by atoms with van der Waals surface area (Å²) in [6, 6.07) is 0. The molecule has 0 rings (SSSR count). The summed E-state index contributed by atoms with van der Waals surface area (Å²) >= 11 is 0. The largest absolute Gasteiger partial charge is 0.349 e. The molecule has 0 spiro atoms. The van der Waals surface area contributed by atoms with E-state index in [0.717, 1.165) is 0 Å². The second kappa shape index (κ2) is 5.46. The summed E-state index contributed by atoms with van der Waals surface area (Å²) in [6.07, 6.45) is 0.476. The van der Waals surface area contributed by atoms with Crippen LogP contribution in [0, 0.1) is 17.3 Å². The molecule has 0 heterocycles. The molecule has 2 unspecified atom stereocenters. The number of carbonyl (C=O) groups is 2. The van der Waals surface area contributed by atoms with Gasteiger partial charge in [0.05, 0.1) is 0 Å². The SMILES string of the molecule is CC(CC(=O)C(C)(C)C)C(C)C(=O)N(C)C. The van der Waals surface area contributed by atoms with Gasteiger partial charge in [-0.15, -0.1) is 0 Å². The molecule has 0 aromatic rings. The molecule has 0 radical (unpaired) electrons. The third kappa shape index (κ3) is 4.33. The molecule has 0 N–H and O–H groups in total. The number of carbonyl (C=O) groups excluding carboxylic acids is 2. The lowest BCUT2D eigenvalue weighted by Gasteiger charge is -2.25. The van der Waals surface area contributed by atoms with Gasteiger partial charge in [0.2, 0.25) is 5.91 Å². The van der Waals surface area contributed by atoms with E-state index in [4.69, 9.17) is 0 Å². The zero-order valence-corrected chi connectivity index (χ0v) is 11.6. The van der Waals surface area contributed by atoms with Crippen molar-refractivity contribution in [3.05, 3.63) is 0 Å². The van der Waals surface area contributed by atoms with Crippen LogP contribution in [0.2, 0.25) is 0 Å². The molecule has 0 aliphatic carbocycles. The highest BCUT2D eigenvalue weighted by atomic mass is 16.2. The Kier molecular flexibility index (Phi) is 5.17. The van der Waals surface area contributed by atoms with Crippen molar-refractivity contribution in [2.24, 2.45) is 17.3 Å². The van der Waals surface area contributed by atoms with Crippen LogP contribution in [-0.2, 0) is 9.59 Å². The average molecular weight is 227 g/mol. The van der Waals surface area contributed by atoms with Gasteiger partial charge in [0.25, 0.3) is 0 Å². The Labute approximate surface area is 99.2 Å². The highest BCUT2D eigenvalue weighted by Gasteiger charge is 2.28. The number of hydrogen-bond donors (Lipinski definition) is 0. The van der Waals surface area contributed by atoms with Gasteiger partial charge in [-0.3, -0.25) is 9.59 Å². The lowest BCUT2D eigenvalue weighted by molar-refractivity contribution is -0.135. The molecule has 0 saturated heterocycles. The standard InChI is InChI=1S/C13H25NO2/c1-9(8-11(15)13(3,4)5)10(2)12(16)14(6)7/h9-10H,8H2,1-7H3. The maximum absolute atomic E-state index is 11.8. The van der Waals surface area contributed by atoms with Crippen LogP contribution in [0.15, 0.2) is 0 Å². The molecule has 0 aliphatic rings. The van der Waals surface area contributed by atoms with Gasteiger partial charge in [-0.2, -0.15) is 0 Å². The lowest BCUT2D eigenvalue weighted by atomic mass is 9.81. The highest BCUT2D eigenvalue weighted by Crippen LogP contribution is 2.24. The second-order valence-electron chi connectivity index (χ2n) is 5.88. The average Bonchev–Trinajstić information content (AvgIpc) is 2.13. The number of amides is 1. The van der Waals surface area contributed by atoms with Gasteiger partial charge in [0.1, 0.15) is 5.78 Å². The van der Waals surface area contributed by atoms with Gasteiger partial charge >= 0.3 is 0 Å². The molecule has 0 fully saturated rings. The zero-order valence-electron chi connectivity index (χ0n) is 11.6. The fourth-order valence-corrected chi connectivity index (χ4v) is 1.43. The lowest BCUT2D eigenvalue weighted by Crippen LogP contribution is -2.33. The Hall–Kier alpha value is -0.860. The van der Waals surface area contributed by atoms with Crippen molar-refractivity contribution in [2.45, 2.75) is 41.0 Å². The van der Waals surface area contributed by atoms with E-state index in [2.05, 4.69) is 0 Å². The molecule has 0 aromatic carbocycles. The molecular formula is C13H25NO2. The van der Waals surface area contributed by atoms with E-state index in [1.165, 1.54) is 0 Å². The maximum atomic E-state index is 11.8. The Balaban J connectivity index is 4.43. The number of nitrogens with zero attached hydrogens (tertiary/aromatic N) is 1. The summed E-state index contributed by atoms with van der Waals surface area (Å²) in [4.78, 5) is 25.2. The number of hydrogen-bond acceptors (Lipinski definition) is 2. The van der Waals surface area contributed by atoms with Gasteiger partial charge in [0.15, 0.2) is 0 Å². The molecule has 94 valence electrons. The summed E-state index contributed by atoms with van der Waals surface area (Å²) in [5.74, 6) is 0.315. The van der Waals surface area contributed by atoms with Crippen molar-refractivity contribution in [2.75, 3.05) is 14.1 Å². The molecular weight excluding hydrogens is 202 g/mol. The summed E-state index contributed by atoms with van der Waals surface area (Å²) < 4.78 is 0. The topological polar surface area (TPSA) is 37.4 Å². The molecule has 3 heteroatoms. The van der Waals surface area contributed by atoms with E-state index in [1.807, 2.05) is 34.6 Å². The van der Waals surface area contributed by atoms with Crippen molar-refractivity contribution in [1.29, 1.82) is 0 Å². The molecule has 1 amide bonds. The fourth-order valence-electron chi connectivity index (χ4n) is 1.43. The predicted molar refractivity (Wildman–Crippen MR) is 66.1 cm³/mol. The smallest absolute Gasteiger partial charge is 0.225 e. The van der Waals surface area contributed by atoms with Crippen LogP contribution in [0.5, 0.6) is 0 Å². The normalized spacial score (nSPS) is 15.4. The van der Waals surface area contributed by atoms with E-state index in [0.29, 0.717) is 6.42 Å². The molecule has 0 aromatic heterocycles. The van der Waals surface area contributed by atoms with E-state index < -0.39 is 0 Å². The molecule has 2 atom stereocenters. The minimum Gasteiger partial charge on any atom is -0.349 e. The first-order valence-corrected chi connectivity index (χ1v) is 5.81. The van der Waals surface area contributed by atoms with Crippen LogP contribution in [0.25, 0.3) is 0 Å². The first-order valence-electron chi connectivity index (χ1n) is 5.81.